The number of aromatic nitrogens is 1. The minimum absolute atomic E-state index is 0.113. The third-order valence-corrected chi connectivity index (χ3v) is 4.48. The molecule has 0 radical (unpaired) electrons. The van der Waals surface area contributed by atoms with Crippen LogP contribution in [0.25, 0.3) is 0 Å². The van der Waals surface area contributed by atoms with Gasteiger partial charge in [0.2, 0.25) is 0 Å². The Bertz CT molecular complexity index is 603. The van der Waals surface area contributed by atoms with Crippen molar-refractivity contribution in [1.82, 2.24) is 10.3 Å². The summed E-state index contributed by atoms with van der Waals surface area (Å²) >= 11 is 5.13. The van der Waals surface area contributed by atoms with Crippen molar-refractivity contribution in [3.8, 4) is 0 Å². The quantitative estimate of drug-likeness (QED) is 0.807. The molecule has 2 nitrogen and oxygen atoms in total. The van der Waals surface area contributed by atoms with Crippen LogP contribution in [0.1, 0.15) is 31.9 Å². The molecule has 21 heavy (non-hydrogen) atoms. The largest absolute Gasteiger partial charge is 0.308 e. The molecule has 1 N–H and O–H groups in total. The van der Waals surface area contributed by atoms with E-state index in [2.05, 4.69) is 72.1 Å². The summed E-state index contributed by atoms with van der Waals surface area (Å²) in [5, 5.41) is 4.57. The van der Waals surface area contributed by atoms with Crippen LogP contribution in [-0.4, -0.2) is 10.5 Å². The molecule has 0 aliphatic carbocycles. The van der Waals surface area contributed by atoms with E-state index >= 15 is 0 Å². The summed E-state index contributed by atoms with van der Waals surface area (Å²) in [6, 6.07) is 10.7. The highest BCUT2D eigenvalue weighted by molar-refractivity contribution is 9.10. The highest BCUT2D eigenvalue weighted by Gasteiger charge is 2.11. The zero-order chi connectivity index (χ0) is 15.5. The first kappa shape index (κ1) is 16.5. The molecule has 1 aromatic heterocycles. The van der Waals surface area contributed by atoms with Crippen LogP contribution < -0.4 is 5.32 Å². The maximum Gasteiger partial charge on any atom is 0.101 e. The summed E-state index contributed by atoms with van der Waals surface area (Å²) in [6.07, 6.45) is 1.84. The molecule has 112 valence electrons. The normalized spacial score (nSPS) is 11.7. The Morgan fingerprint density at radius 1 is 1.19 bits per heavy atom. The third-order valence-electron chi connectivity index (χ3n) is 2.94. The van der Waals surface area contributed by atoms with Gasteiger partial charge in [-0.25, -0.2) is 4.98 Å². The van der Waals surface area contributed by atoms with Gasteiger partial charge in [-0.2, -0.15) is 0 Å². The molecule has 4 heteroatoms. The van der Waals surface area contributed by atoms with E-state index in [-0.39, 0.29) is 5.54 Å². The van der Waals surface area contributed by atoms with Crippen molar-refractivity contribution >= 4 is 27.7 Å². The summed E-state index contributed by atoms with van der Waals surface area (Å²) in [5.74, 6) is 0. The van der Waals surface area contributed by atoms with E-state index in [9.17, 15) is 0 Å². The van der Waals surface area contributed by atoms with E-state index in [1.165, 1.54) is 16.0 Å². The van der Waals surface area contributed by atoms with Gasteiger partial charge in [-0.15, -0.1) is 0 Å². The first-order chi connectivity index (χ1) is 9.83. The van der Waals surface area contributed by atoms with E-state index in [1.54, 1.807) is 11.8 Å². The van der Waals surface area contributed by atoms with Crippen molar-refractivity contribution in [2.24, 2.45) is 0 Å². The molecule has 0 aliphatic heterocycles. The Kier molecular flexibility index (Phi) is 5.47. The lowest BCUT2D eigenvalue weighted by Gasteiger charge is -2.21. The fourth-order valence-electron chi connectivity index (χ4n) is 1.84. The molecular weight excluding hydrogens is 344 g/mol. The van der Waals surface area contributed by atoms with E-state index < -0.39 is 0 Å². The highest BCUT2D eigenvalue weighted by atomic mass is 79.9. The van der Waals surface area contributed by atoms with Gasteiger partial charge in [0.15, 0.2) is 0 Å². The molecule has 1 aromatic carbocycles. The predicted molar refractivity (Wildman–Crippen MR) is 93.8 cm³/mol. The maximum absolute atomic E-state index is 4.44. The molecule has 0 atom stereocenters. The fraction of sp³-hybridized carbons (Fsp3) is 0.353. The monoisotopic (exact) mass is 364 g/mol. The average molecular weight is 365 g/mol. The molecule has 2 aromatic rings. The standard InChI is InChI=1S/C17H21BrN2S/c1-12-5-7-15(13(9-12)10-20-17(2,3)4)21-16-8-6-14(18)11-19-16/h5-9,11,20H,10H2,1-4H3. The summed E-state index contributed by atoms with van der Waals surface area (Å²) in [6.45, 7) is 9.56. The summed E-state index contributed by atoms with van der Waals surface area (Å²) < 4.78 is 1.00. The number of nitrogens with one attached hydrogen (secondary N) is 1. The van der Waals surface area contributed by atoms with Gasteiger partial charge in [0.1, 0.15) is 5.03 Å². The second kappa shape index (κ2) is 6.95. The topological polar surface area (TPSA) is 24.9 Å². The van der Waals surface area contributed by atoms with Gasteiger partial charge in [0, 0.05) is 27.6 Å². The number of hydrogen-bond acceptors (Lipinski definition) is 3. The lowest BCUT2D eigenvalue weighted by Crippen LogP contribution is -2.35. The zero-order valence-corrected chi connectivity index (χ0v) is 15.3. The van der Waals surface area contributed by atoms with Gasteiger partial charge < -0.3 is 5.32 Å². The third kappa shape index (κ3) is 5.46. The minimum Gasteiger partial charge on any atom is -0.308 e. The van der Waals surface area contributed by atoms with Gasteiger partial charge in [0.05, 0.1) is 0 Å². The van der Waals surface area contributed by atoms with Crippen molar-refractivity contribution in [2.75, 3.05) is 0 Å². The van der Waals surface area contributed by atoms with Crippen LogP contribution in [0.4, 0.5) is 0 Å². The molecule has 0 amide bonds. The SMILES string of the molecule is Cc1ccc(Sc2ccc(Br)cn2)c(CNC(C)(C)C)c1. The maximum atomic E-state index is 4.44. The van der Waals surface area contributed by atoms with Gasteiger partial charge in [0.25, 0.3) is 0 Å². The average Bonchev–Trinajstić information content (AvgIpc) is 2.40. The van der Waals surface area contributed by atoms with E-state index in [4.69, 9.17) is 0 Å². The molecule has 0 aliphatic rings. The summed E-state index contributed by atoms with van der Waals surface area (Å²) in [4.78, 5) is 5.70. The van der Waals surface area contributed by atoms with Crippen molar-refractivity contribution in [3.63, 3.8) is 0 Å². The molecule has 0 bridgehead atoms. The van der Waals surface area contributed by atoms with Crippen molar-refractivity contribution in [1.29, 1.82) is 0 Å². The molecule has 0 saturated heterocycles. The molecule has 0 fully saturated rings. The fourth-order valence-corrected chi connectivity index (χ4v) is 2.94. The van der Waals surface area contributed by atoms with E-state index in [1.807, 2.05) is 18.3 Å². The first-order valence-corrected chi connectivity index (χ1v) is 8.58. The molecule has 0 saturated carbocycles. The minimum atomic E-state index is 0.113. The van der Waals surface area contributed by atoms with Crippen LogP contribution in [0.3, 0.4) is 0 Å². The van der Waals surface area contributed by atoms with Gasteiger partial charge in [-0.1, -0.05) is 29.5 Å². The molecule has 1 heterocycles. The Morgan fingerprint density at radius 3 is 2.57 bits per heavy atom. The van der Waals surface area contributed by atoms with Crippen LogP contribution in [0.15, 0.2) is 50.9 Å². The van der Waals surface area contributed by atoms with Crippen LogP contribution in [0.2, 0.25) is 0 Å². The summed E-state index contributed by atoms with van der Waals surface area (Å²) in [7, 11) is 0. The number of nitrogens with zero attached hydrogens (tertiary/aromatic N) is 1. The predicted octanol–water partition coefficient (Wildman–Crippen LogP) is 5.19. The lowest BCUT2D eigenvalue weighted by atomic mass is 10.1. The molecule has 0 unspecified atom stereocenters. The molecular formula is C17H21BrN2S. The van der Waals surface area contributed by atoms with Crippen LogP contribution >= 0.6 is 27.7 Å². The zero-order valence-electron chi connectivity index (χ0n) is 12.9. The smallest absolute Gasteiger partial charge is 0.101 e. The first-order valence-electron chi connectivity index (χ1n) is 6.97. The Morgan fingerprint density at radius 2 is 1.95 bits per heavy atom. The van der Waals surface area contributed by atoms with Gasteiger partial charge in [-0.3, -0.25) is 0 Å². The lowest BCUT2D eigenvalue weighted by molar-refractivity contribution is 0.422. The van der Waals surface area contributed by atoms with Crippen molar-refractivity contribution in [3.05, 3.63) is 52.1 Å². The molecule has 0 spiro atoms. The number of benzene rings is 1. The molecule has 2 rings (SSSR count). The van der Waals surface area contributed by atoms with Gasteiger partial charge >= 0.3 is 0 Å². The van der Waals surface area contributed by atoms with E-state index in [0.717, 1.165) is 16.0 Å². The van der Waals surface area contributed by atoms with Crippen molar-refractivity contribution in [2.45, 2.75) is 49.7 Å². The highest BCUT2D eigenvalue weighted by Crippen LogP contribution is 2.30. The number of halogens is 1. The Labute approximate surface area is 139 Å². The van der Waals surface area contributed by atoms with Crippen molar-refractivity contribution < 1.29 is 0 Å². The second-order valence-corrected chi connectivity index (χ2v) is 8.11. The van der Waals surface area contributed by atoms with Crippen LogP contribution in [-0.2, 0) is 6.54 Å². The van der Waals surface area contributed by atoms with Crippen LogP contribution in [0, 0.1) is 6.92 Å². The Balaban J connectivity index is 2.20. The van der Waals surface area contributed by atoms with Gasteiger partial charge in [-0.05, 0) is 67.4 Å². The number of aryl methyl sites for hydroxylation is 1. The van der Waals surface area contributed by atoms with Crippen LogP contribution in [0.5, 0.6) is 0 Å². The van der Waals surface area contributed by atoms with E-state index in [0.29, 0.717) is 0 Å². The summed E-state index contributed by atoms with van der Waals surface area (Å²) in [5.41, 5.74) is 2.72. The number of hydrogen-bond donors (Lipinski definition) is 1. The second-order valence-electron chi connectivity index (χ2n) is 6.13. The Hall–Kier alpha value is -0.840. The number of pyridine rings is 1. The number of rotatable bonds is 4.